The van der Waals surface area contributed by atoms with Gasteiger partial charge in [-0.15, -0.1) is 0 Å². The van der Waals surface area contributed by atoms with Crippen molar-refractivity contribution in [2.24, 2.45) is 5.41 Å². The smallest absolute Gasteiger partial charge is 0.230 e. The Labute approximate surface area is 85.8 Å². The zero-order valence-electron chi connectivity index (χ0n) is 9.34. The fourth-order valence-electron chi connectivity index (χ4n) is 2.53. The van der Waals surface area contributed by atoms with Gasteiger partial charge >= 0.3 is 0 Å². The Hall–Kier alpha value is -0.570. The van der Waals surface area contributed by atoms with Crippen molar-refractivity contribution >= 4 is 5.91 Å². The predicted octanol–water partition coefficient (Wildman–Crippen LogP) is 0.995. The van der Waals surface area contributed by atoms with Crippen molar-refractivity contribution in [2.75, 3.05) is 13.1 Å². The lowest BCUT2D eigenvalue weighted by atomic mass is 9.99. The third-order valence-electron chi connectivity index (χ3n) is 3.49. The third-order valence-corrected chi connectivity index (χ3v) is 3.49. The Morgan fingerprint density at radius 1 is 1.57 bits per heavy atom. The highest BCUT2D eigenvalue weighted by Crippen LogP contribution is 2.53. The molecule has 1 aliphatic heterocycles. The van der Waals surface area contributed by atoms with E-state index in [1.165, 1.54) is 0 Å². The first kappa shape index (κ1) is 9.97. The number of nitrogens with one attached hydrogen (secondary N) is 1. The summed E-state index contributed by atoms with van der Waals surface area (Å²) in [5, 5.41) is 3.53. The Morgan fingerprint density at radius 3 is 2.64 bits per heavy atom. The summed E-state index contributed by atoms with van der Waals surface area (Å²) in [5.74, 6) is 0.387. The topological polar surface area (TPSA) is 32.3 Å². The van der Waals surface area contributed by atoms with E-state index in [4.69, 9.17) is 0 Å². The maximum absolute atomic E-state index is 12.0. The third kappa shape index (κ3) is 1.34. The molecule has 0 aromatic carbocycles. The quantitative estimate of drug-likeness (QED) is 0.730. The van der Waals surface area contributed by atoms with Crippen molar-refractivity contribution in [1.82, 2.24) is 10.2 Å². The molecule has 1 atom stereocenters. The molecule has 2 aliphatic rings. The number of likely N-dealkylation sites (tertiary alicyclic amines) is 1. The van der Waals surface area contributed by atoms with Crippen molar-refractivity contribution in [3.05, 3.63) is 0 Å². The number of likely N-dealkylation sites (N-methyl/N-ethyl adjacent to an activating group) is 1. The zero-order valence-corrected chi connectivity index (χ0v) is 9.34. The molecule has 1 N–H and O–H groups in total. The van der Waals surface area contributed by atoms with Crippen LogP contribution in [0.2, 0.25) is 0 Å². The molecule has 80 valence electrons. The minimum Gasteiger partial charge on any atom is -0.341 e. The first-order valence-corrected chi connectivity index (χ1v) is 5.65. The molecule has 1 amide bonds. The van der Waals surface area contributed by atoms with E-state index >= 15 is 0 Å². The summed E-state index contributed by atoms with van der Waals surface area (Å²) >= 11 is 0. The highest BCUT2D eigenvalue weighted by atomic mass is 16.2. The van der Waals surface area contributed by atoms with Gasteiger partial charge in [-0.2, -0.15) is 0 Å². The van der Waals surface area contributed by atoms with Gasteiger partial charge in [-0.1, -0.05) is 13.8 Å². The Morgan fingerprint density at radius 2 is 2.21 bits per heavy atom. The van der Waals surface area contributed by atoms with Gasteiger partial charge in [-0.25, -0.2) is 0 Å². The summed E-state index contributed by atoms with van der Waals surface area (Å²) in [5.41, 5.74) is 0.000278. The van der Waals surface area contributed by atoms with Gasteiger partial charge in [0, 0.05) is 25.2 Å². The van der Waals surface area contributed by atoms with Crippen molar-refractivity contribution in [3.8, 4) is 0 Å². The van der Waals surface area contributed by atoms with E-state index in [-0.39, 0.29) is 5.41 Å². The van der Waals surface area contributed by atoms with Crippen LogP contribution in [0.25, 0.3) is 0 Å². The van der Waals surface area contributed by atoms with Crippen LogP contribution in [0.4, 0.5) is 0 Å². The number of carbonyl (C=O) groups excluding carboxylic acids is 1. The molecule has 0 bridgehead atoms. The van der Waals surface area contributed by atoms with Crippen LogP contribution in [-0.2, 0) is 4.79 Å². The van der Waals surface area contributed by atoms with Gasteiger partial charge < -0.3 is 10.2 Å². The van der Waals surface area contributed by atoms with E-state index in [9.17, 15) is 4.79 Å². The molecule has 2 fully saturated rings. The molecule has 14 heavy (non-hydrogen) atoms. The monoisotopic (exact) mass is 196 g/mol. The van der Waals surface area contributed by atoms with Gasteiger partial charge in [0.1, 0.15) is 0 Å². The average molecular weight is 196 g/mol. The van der Waals surface area contributed by atoms with Crippen LogP contribution < -0.4 is 5.32 Å². The lowest BCUT2D eigenvalue weighted by Crippen LogP contribution is -2.41. The van der Waals surface area contributed by atoms with Gasteiger partial charge in [0.25, 0.3) is 0 Å². The maximum Gasteiger partial charge on any atom is 0.230 e. The predicted molar refractivity (Wildman–Crippen MR) is 56.0 cm³/mol. The number of rotatable bonds is 3. The molecular weight excluding hydrogens is 176 g/mol. The molecule has 0 aromatic heterocycles. The largest absolute Gasteiger partial charge is 0.341 e. The number of carbonyl (C=O) groups is 1. The second kappa shape index (κ2) is 3.23. The van der Waals surface area contributed by atoms with Crippen molar-refractivity contribution in [2.45, 2.75) is 45.7 Å². The number of hydrogen-bond donors (Lipinski definition) is 1. The Kier molecular flexibility index (Phi) is 2.30. The Balaban J connectivity index is 2.09. The van der Waals surface area contributed by atoms with E-state index in [1.54, 1.807) is 0 Å². The number of nitrogens with zero attached hydrogens (tertiary/aromatic N) is 1. The standard InChI is InChI=1S/C11H20N2O/c1-4-13-7-9(12-8(2)3)11(5-6-11)10(13)14/h8-9,12H,4-7H2,1-3H3/t9-/m1/s1. The normalized spacial score (nSPS) is 29.3. The fourth-order valence-corrected chi connectivity index (χ4v) is 2.53. The molecule has 1 saturated heterocycles. The molecule has 3 nitrogen and oxygen atoms in total. The Bertz CT molecular complexity index is 246. The minimum absolute atomic E-state index is 0.000278. The maximum atomic E-state index is 12.0. The molecule has 0 radical (unpaired) electrons. The number of hydrogen-bond acceptors (Lipinski definition) is 2. The summed E-state index contributed by atoms with van der Waals surface area (Å²) in [4.78, 5) is 14.0. The SMILES string of the molecule is CCN1C[C@@H](NC(C)C)C2(CC2)C1=O. The fraction of sp³-hybridized carbons (Fsp3) is 0.909. The summed E-state index contributed by atoms with van der Waals surface area (Å²) in [7, 11) is 0. The van der Waals surface area contributed by atoms with Crippen LogP contribution in [0, 0.1) is 5.41 Å². The van der Waals surface area contributed by atoms with E-state index in [1.807, 2.05) is 4.90 Å². The first-order valence-electron chi connectivity index (χ1n) is 5.65. The van der Waals surface area contributed by atoms with Crippen LogP contribution in [0.3, 0.4) is 0 Å². The van der Waals surface area contributed by atoms with Crippen LogP contribution in [0.15, 0.2) is 0 Å². The summed E-state index contributed by atoms with van der Waals surface area (Å²) in [6.45, 7) is 8.13. The molecule has 1 heterocycles. The summed E-state index contributed by atoms with van der Waals surface area (Å²) in [6, 6.07) is 0.872. The first-order chi connectivity index (χ1) is 6.60. The minimum atomic E-state index is 0.000278. The van der Waals surface area contributed by atoms with E-state index in [0.717, 1.165) is 25.9 Å². The van der Waals surface area contributed by atoms with Crippen LogP contribution in [0.5, 0.6) is 0 Å². The van der Waals surface area contributed by atoms with Crippen molar-refractivity contribution in [1.29, 1.82) is 0 Å². The van der Waals surface area contributed by atoms with Gasteiger partial charge in [-0.05, 0) is 19.8 Å². The highest BCUT2D eigenvalue weighted by molar-refractivity contribution is 5.88. The van der Waals surface area contributed by atoms with Crippen LogP contribution in [-0.4, -0.2) is 36.0 Å². The number of amides is 1. The second-order valence-corrected chi connectivity index (χ2v) is 4.87. The summed E-state index contributed by atoms with van der Waals surface area (Å²) < 4.78 is 0. The van der Waals surface area contributed by atoms with Crippen LogP contribution >= 0.6 is 0 Å². The molecule has 0 unspecified atom stereocenters. The van der Waals surface area contributed by atoms with Crippen LogP contribution in [0.1, 0.15) is 33.6 Å². The summed E-state index contributed by atoms with van der Waals surface area (Å²) in [6.07, 6.45) is 2.18. The van der Waals surface area contributed by atoms with E-state index in [0.29, 0.717) is 18.0 Å². The highest BCUT2D eigenvalue weighted by Gasteiger charge is 2.61. The van der Waals surface area contributed by atoms with Crippen molar-refractivity contribution in [3.63, 3.8) is 0 Å². The van der Waals surface area contributed by atoms with E-state index < -0.39 is 0 Å². The lowest BCUT2D eigenvalue weighted by Gasteiger charge is -2.19. The molecular formula is C11H20N2O. The van der Waals surface area contributed by atoms with Crippen molar-refractivity contribution < 1.29 is 4.79 Å². The molecule has 1 saturated carbocycles. The molecule has 1 spiro atoms. The van der Waals surface area contributed by atoms with Gasteiger partial charge in [0.05, 0.1) is 5.41 Å². The molecule has 1 aliphatic carbocycles. The second-order valence-electron chi connectivity index (χ2n) is 4.87. The van der Waals surface area contributed by atoms with Gasteiger partial charge in [0.2, 0.25) is 5.91 Å². The molecule has 0 aromatic rings. The van der Waals surface area contributed by atoms with E-state index in [2.05, 4.69) is 26.1 Å². The van der Waals surface area contributed by atoms with Gasteiger partial charge in [0.15, 0.2) is 0 Å². The lowest BCUT2D eigenvalue weighted by molar-refractivity contribution is -0.132. The average Bonchev–Trinajstić information content (AvgIpc) is 2.86. The molecule has 2 rings (SSSR count). The van der Waals surface area contributed by atoms with Gasteiger partial charge in [-0.3, -0.25) is 4.79 Å². The molecule has 3 heteroatoms. The zero-order chi connectivity index (χ0) is 10.3.